The van der Waals surface area contributed by atoms with Crippen LogP contribution in [0.15, 0.2) is 85.1 Å². The number of ether oxygens (including phenoxy) is 1. The molecule has 0 radical (unpaired) electrons. The number of amides is 1. The van der Waals surface area contributed by atoms with Crippen LogP contribution in [-0.4, -0.2) is 38.4 Å². The summed E-state index contributed by atoms with van der Waals surface area (Å²) in [6.45, 7) is 4.00. The summed E-state index contributed by atoms with van der Waals surface area (Å²) >= 11 is 0. The molecule has 0 bridgehead atoms. The van der Waals surface area contributed by atoms with Gasteiger partial charge in [0.15, 0.2) is 5.65 Å². The van der Waals surface area contributed by atoms with Gasteiger partial charge in [-0.3, -0.25) is 24.1 Å². The van der Waals surface area contributed by atoms with Gasteiger partial charge in [-0.1, -0.05) is 30.3 Å². The number of carboxylic acid groups (broad SMARTS) is 1. The highest BCUT2D eigenvalue weighted by Gasteiger charge is 2.25. The van der Waals surface area contributed by atoms with E-state index in [4.69, 9.17) is 9.72 Å². The van der Waals surface area contributed by atoms with E-state index in [9.17, 15) is 24.8 Å². The van der Waals surface area contributed by atoms with Gasteiger partial charge in [-0.05, 0) is 66.9 Å². The number of nitro benzene ring substituents is 1. The number of nitrogens with one attached hydrogen (secondary N) is 2. The van der Waals surface area contributed by atoms with Crippen molar-refractivity contribution in [1.82, 2.24) is 14.7 Å². The molecule has 0 saturated carbocycles. The molecule has 2 aromatic heterocycles. The third-order valence-electron chi connectivity index (χ3n) is 7.15. The Balaban J connectivity index is 1.61. The number of benzene rings is 3. The minimum Gasteiger partial charge on any atom is -0.497 e. The average molecular weight is 580 g/mol. The van der Waals surface area contributed by atoms with Gasteiger partial charge in [0.05, 0.1) is 30.1 Å². The molecule has 11 nitrogen and oxygen atoms in total. The number of pyridine rings is 1. The van der Waals surface area contributed by atoms with Gasteiger partial charge in [-0.25, -0.2) is 4.98 Å². The molecular weight excluding hydrogens is 550 g/mol. The molecule has 1 atom stereocenters. The van der Waals surface area contributed by atoms with E-state index in [1.807, 2.05) is 56.3 Å². The summed E-state index contributed by atoms with van der Waals surface area (Å²) in [6, 6.07) is 21.2. The molecule has 0 aliphatic rings. The fourth-order valence-corrected chi connectivity index (χ4v) is 4.96. The topological polar surface area (TPSA) is 148 Å². The van der Waals surface area contributed by atoms with Crippen molar-refractivity contribution in [2.75, 3.05) is 12.4 Å². The van der Waals surface area contributed by atoms with Crippen molar-refractivity contribution in [3.05, 3.63) is 117 Å². The number of fused-ring (bicyclic) bond motifs is 1. The Hall–Kier alpha value is -5.71. The molecule has 0 fully saturated rings. The van der Waals surface area contributed by atoms with Crippen LogP contribution in [0.25, 0.3) is 16.9 Å². The Kier molecular flexibility index (Phi) is 8.06. The zero-order chi connectivity index (χ0) is 30.7. The third-order valence-corrected chi connectivity index (χ3v) is 7.15. The first-order chi connectivity index (χ1) is 20.7. The second-order valence-corrected chi connectivity index (χ2v) is 10.0. The largest absolute Gasteiger partial charge is 0.497 e. The SMILES string of the molecule is COc1ccc(-c2nc3c(C(=O)NC(CC(=O)O)c4cccc([N+](=O)[O-])c4)cccn3c2Nc2c(C)cccc2C)cc1. The molecule has 11 heteroatoms. The second-order valence-electron chi connectivity index (χ2n) is 10.0. The average Bonchev–Trinajstić information content (AvgIpc) is 3.37. The molecule has 3 N–H and O–H groups in total. The van der Waals surface area contributed by atoms with Gasteiger partial charge in [0, 0.05) is 29.6 Å². The molecule has 43 heavy (non-hydrogen) atoms. The summed E-state index contributed by atoms with van der Waals surface area (Å²) < 4.78 is 7.10. The molecule has 2 heterocycles. The van der Waals surface area contributed by atoms with E-state index in [-0.39, 0.29) is 11.3 Å². The first-order valence-electron chi connectivity index (χ1n) is 13.4. The maximum atomic E-state index is 13.7. The van der Waals surface area contributed by atoms with Crippen molar-refractivity contribution in [3.8, 4) is 17.0 Å². The number of hydrogen-bond donors (Lipinski definition) is 3. The highest BCUT2D eigenvalue weighted by molar-refractivity contribution is 6.01. The number of imidazole rings is 1. The molecule has 0 spiro atoms. The van der Waals surface area contributed by atoms with Crippen molar-refractivity contribution in [2.45, 2.75) is 26.3 Å². The normalized spacial score (nSPS) is 11.6. The van der Waals surface area contributed by atoms with Gasteiger partial charge in [0.2, 0.25) is 0 Å². The van der Waals surface area contributed by atoms with Gasteiger partial charge < -0.3 is 20.5 Å². The maximum Gasteiger partial charge on any atom is 0.305 e. The smallest absolute Gasteiger partial charge is 0.305 e. The van der Waals surface area contributed by atoms with Crippen molar-refractivity contribution < 1.29 is 24.4 Å². The van der Waals surface area contributed by atoms with Gasteiger partial charge >= 0.3 is 5.97 Å². The van der Waals surface area contributed by atoms with Gasteiger partial charge in [-0.2, -0.15) is 0 Å². The molecule has 0 aliphatic carbocycles. The van der Waals surface area contributed by atoms with Crippen LogP contribution < -0.4 is 15.4 Å². The Bertz CT molecular complexity index is 1830. The summed E-state index contributed by atoms with van der Waals surface area (Å²) in [5, 5.41) is 27.2. The van der Waals surface area contributed by atoms with Crippen molar-refractivity contribution >= 4 is 34.7 Å². The predicted molar refractivity (Wildman–Crippen MR) is 162 cm³/mol. The fraction of sp³-hybridized carbons (Fsp3) is 0.156. The number of carbonyl (C=O) groups excluding carboxylic acids is 1. The lowest BCUT2D eigenvalue weighted by Gasteiger charge is -2.18. The molecule has 1 amide bonds. The van der Waals surface area contributed by atoms with E-state index in [0.717, 1.165) is 22.4 Å². The summed E-state index contributed by atoms with van der Waals surface area (Å²) in [5.74, 6) is -0.429. The summed E-state index contributed by atoms with van der Waals surface area (Å²) in [5.41, 5.74) is 4.97. The lowest BCUT2D eigenvalue weighted by atomic mass is 10.0. The van der Waals surface area contributed by atoms with Crippen LogP contribution in [0.1, 0.15) is 39.5 Å². The molecule has 5 rings (SSSR count). The summed E-state index contributed by atoms with van der Waals surface area (Å²) in [6.07, 6.45) is 1.32. The number of methoxy groups -OCH3 is 1. The van der Waals surface area contributed by atoms with Crippen molar-refractivity contribution in [3.63, 3.8) is 0 Å². The Morgan fingerprint density at radius 2 is 1.72 bits per heavy atom. The number of rotatable bonds is 10. The standard InChI is InChI=1S/C32H29N5O6/c1-19-7-4-8-20(2)28(19)34-31-29(21-12-14-24(43-3)15-13-21)35-30-25(11-6-16-36(30)31)32(40)33-26(18-27(38)39)22-9-5-10-23(17-22)37(41)42/h4-17,26,34H,18H2,1-3H3,(H,33,40)(H,38,39). The fourth-order valence-electron chi connectivity index (χ4n) is 4.96. The number of aromatic nitrogens is 2. The number of para-hydroxylation sites is 1. The molecule has 218 valence electrons. The van der Waals surface area contributed by atoms with Gasteiger partial charge in [0.1, 0.15) is 17.3 Å². The second kappa shape index (κ2) is 12.0. The van der Waals surface area contributed by atoms with Crippen LogP contribution >= 0.6 is 0 Å². The zero-order valence-corrected chi connectivity index (χ0v) is 23.7. The number of anilines is 2. The molecule has 3 aromatic carbocycles. The number of nitro groups is 1. The highest BCUT2D eigenvalue weighted by atomic mass is 16.6. The molecule has 5 aromatic rings. The zero-order valence-electron chi connectivity index (χ0n) is 23.7. The van der Waals surface area contributed by atoms with Crippen LogP contribution in [-0.2, 0) is 4.79 Å². The number of carbonyl (C=O) groups is 2. The third kappa shape index (κ3) is 6.01. The lowest BCUT2D eigenvalue weighted by molar-refractivity contribution is -0.384. The number of non-ortho nitro benzene ring substituents is 1. The van der Waals surface area contributed by atoms with Crippen LogP contribution in [0.4, 0.5) is 17.2 Å². The molecular formula is C32H29N5O6. The Morgan fingerprint density at radius 1 is 1.02 bits per heavy atom. The van der Waals surface area contributed by atoms with E-state index in [1.54, 1.807) is 35.9 Å². The van der Waals surface area contributed by atoms with Crippen LogP contribution in [0.3, 0.4) is 0 Å². The Morgan fingerprint density at radius 3 is 2.37 bits per heavy atom. The molecule has 1 unspecified atom stereocenters. The van der Waals surface area contributed by atoms with Crippen molar-refractivity contribution in [1.29, 1.82) is 0 Å². The lowest BCUT2D eigenvalue weighted by Crippen LogP contribution is -2.30. The molecule has 0 saturated heterocycles. The number of aryl methyl sites for hydroxylation is 2. The van der Waals surface area contributed by atoms with E-state index in [2.05, 4.69) is 10.6 Å². The monoisotopic (exact) mass is 579 g/mol. The van der Waals surface area contributed by atoms with E-state index in [0.29, 0.717) is 28.5 Å². The van der Waals surface area contributed by atoms with E-state index >= 15 is 0 Å². The van der Waals surface area contributed by atoms with Crippen LogP contribution in [0.2, 0.25) is 0 Å². The number of hydrogen-bond acceptors (Lipinski definition) is 7. The number of carboxylic acids is 1. The van der Waals surface area contributed by atoms with Crippen LogP contribution in [0.5, 0.6) is 5.75 Å². The van der Waals surface area contributed by atoms with Gasteiger partial charge in [-0.15, -0.1) is 0 Å². The highest BCUT2D eigenvalue weighted by Crippen LogP contribution is 2.35. The summed E-state index contributed by atoms with van der Waals surface area (Å²) in [4.78, 5) is 41.1. The van der Waals surface area contributed by atoms with Crippen LogP contribution in [0, 0.1) is 24.0 Å². The van der Waals surface area contributed by atoms with Gasteiger partial charge in [0.25, 0.3) is 11.6 Å². The summed E-state index contributed by atoms with van der Waals surface area (Å²) in [7, 11) is 1.59. The predicted octanol–water partition coefficient (Wildman–Crippen LogP) is 6.22. The first kappa shape index (κ1) is 28.8. The minimum absolute atomic E-state index is 0.202. The Labute approximate surface area is 246 Å². The first-order valence-corrected chi connectivity index (χ1v) is 13.4. The maximum absolute atomic E-state index is 13.7. The number of aliphatic carboxylic acids is 1. The molecule has 0 aliphatic heterocycles. The number of nitrogens with zero attached hydrogens (tertiary/aromatic N) is 3. The quantitative estimate of drug-likeness (QED) is 0.130. The minimum atomic E-state index is -1.17. The van der Waals surface area contributed by atoms with Crippen molar-refractivity contribution in [2.24, 2.45) is 0 Å². The van der Waals surface area contributed by atoms with E-state index < -0.39 is 29.3 Å². The van der Waals surface area contributed by atoms with E-state index in [1.165, 1.54) is 18.2 Å².